The molecule has 142 valence electrons. The van der Waals surface area contributed by atoms with E-state index in [1.807, 2.05) is 65.6 Å². The topological polar surface area (TPSA) is 59.5 Å². The first-order valence-electron chi connectivity index (χ1n) is 9.49. The van der Waals surface area contributed by atoms with Crippen molar-refractivity contribution in [2.45, 2.75) is 12.8 Å². The number of esters is 1. The number of hydrogen-bond donors (Lipinski definition) is 0. The monoisotopic (exact) mass is 374 g/mol. The second-order valence-corrected chi connectivity index (χ2v) is 7.03. The molecule has 0 radical (unpaired) electrons. The second-order valence-electron chi connectivity index (χ2n) is 7.03. The lowest BCUT2D eigenvalue weighted by Crippen LogP contribution is -2.40. The van der Waals surface area contributed by atoms with Crippen molar-refractivity contribution in [2.24, 2.45) is 5.92 Å². The van der Waals surface area contributed by atoms with Gasteiger partial charge in [-0.2, -0.15) is 0 Å². The van der Waals surface area contributed by atoms with E-state index in [9.17, 15) is 9.59 Å². The van der Waals surface area contributed by atoms with Crippen LogP contribution in [-0.2, 0) is 9.53 Å². The van der Waals surface area contributed by atoms with Gasteiger partial charge in [0.15, 0.2) is 0 Å². The number of benzene rings is 2. The molecule has 0 bridgehead atoms. The summed E-state index contributed by atoms with van der Waals surface area (Å²) in [4.78, 5) is 31.7. The molecule has 0 saturated carbocycles. The molecule has 0 atom stereocenters. The summed E-state index contributed by atoms with van der Waals surface area (Å²) in [5.41, 5.74) is 3.22. The summed E-state index contributed by atoms with van der Waals surface area (Å²) in [6.07, 6.45) is 1.26. The summed E-state index contributed by atoms with van der Waals surface area (Å²) in [5, 5.41) is 0.849. The maximum atomic E-state index is 13.3. The van der Waals surface area contributed by atoms with Crippen molar-refractivity contribution in [1.29, 1.82) is 0 Å². The number of para-hydroxylation sites is 1. The number of nitrogens with zero attached hydrogens (tertiary/aromatic N) is 2. The normalized spacial score (nSPS) is 14.8. The minimum atomic E-state index is -0.187. The van der Waals surface area contributed by atoms with Crippen molar-refractivity contribution in [3.8, 4) is 11.3 Å². The quantitative estimate of drug-likeness (QED) is 0.652. The van der Waals surface area contributed by atoms with Gasteiger partial charge in [0, 0.05) is 24.0 Å². The number of carbonyl (C=O) groups is 2. The second kappa shape index (κ2) is 7.80. The number of pyridine rings is 1. The molecule has 2 heterocycles. The molecule has 1 saturated heterocycles. The van der Waals surface area contributed by atoms with Crippen LogP contribution in [0.2, 0.25) is 0 Å². The van der Waals surface area contributed by atoms with Crippen molar-refractivity contribution < 1.29 is 14.3 Å². The fraction of sp³-hybridized carbons (Fsp3) is 0.261. The van der Waals surface area contributed by atoms with Crippen LogP contribution in [-0.4, -0.2) is 42.0 Å². The largest absolute Gasteiger partial charge is 0.469 e. The van der Waals surface area contributed by atoms with Gasteiger partial charge in [-0.25, -0.2) is 4.98 Å². The van der Waals surface area contributed by atoms with E-state index >= 15 is 0 Å². The molecule has 1 fully saturated rings. The number of carbonyl (C=O) groups excluding carboxylic acids is 2. The molecule has 28 heavy (non-hydrogen) atoms. The van der Waals surface area contributed by atoms with Gasteiger partial charge in [0.1, 0.15) is 0 Å². The summed E-state index contributed by atoms with van der Waals surface area (Å²) < 4.78 is 4.84. The standard InChI is InChI=1S/C23H22N2O3/c1-28-23(27)17-11-13-25(14-12-17)22(26)19-15-21(16-7-3-2-4-8-16)24-20-10-6-5-9-18(19)20/h2-10,15,17H,11-14H2,1H3. The number of amides is 1. The highest BCUT2D eigenvalue weighted by Crippen LogP contribution is 2.27. The van der Waals surface area contributed by atoms with Crippen LogP contribution in [0.15, 0.2) is 60.7 Å². The van der Waals surface area contributed by atoms with Crippen LogP contribution in [0, 0.1) is 5.92 Å². The number of likely N-dealkylation sites (tertiary alicyclic amines) is 1. The maximum Gasteiger partial charge on any atom is 0.308 e. The Morgan fingerprint density at radius 2 is 1.68 bits per heavy atom. The first kappa shape index (κ1) is 18.2. The summed E-state index contributed by atoms with van der Waals surface area (Å²) >= 11 is 0. The Morgan fingerprint density at radius 3 is 2.39 bits per heavy atom. The van der Waals surface area contributed by atoms with Gasteiger partial charge in [0.2, 0.25) is 0 Å². The highest BCUT2D eigenvalue weighted by Gasteiger charge is 2.29. The third-order valence-electron chi connectivity index (χ3n) is 5.33. The highest BCUT2D eigenvalue weighted by atomic mass is 16.5. The minimum absolute atomic E-state index is 0.0147. The lowest BCUT2D eigenvalue weighted by molar-refractivity contribution is -0.146. The van der Waals surface area contributed by atoms with Crippen LogP contribution < -0.4 is 0 Å². The van der Waals surface area contributed by atoms with Crippen LogP contribution in [0.4, 0.5) is 0 Å². The highest BCUT2D eigenvalue weighted by molar-refractivity contribution is 6.07. The summed E-state index contributed by atoms with van der Waals surface area (Å²) in [6, 6.07) is 19.5. The smallest absolute Gasteiger partial charge is 0.308 e. The molecule has 1 aliphatic heterocycles. The number of fused-ring (bicyclic) bond motifs is 1. The predicted molar refractivity (Wildman–Crippen MR) is 108 cm³/mol. The van der Waals surface area contributed by atoms with Crippen LogP contribution in [0.3, 0.4) is 0 Å². The number of piperidine rings is 1. The number of rotatable bonds is 3. The average Bonchev–Trinajstić information content (AvgIpc) is 2.78. The molecule has 1 aliphatic rings. The van der Waals surface area contributed by atoms with E-state index in [0.29, 0.717) is 31.5 Å². The minimum Gasteiger partial charge on any atom is -0.469 e. The SMILES string of the molecule is COC(=O)C1CCN(C(=O)c2cc(-c3ccccc3)nc3ccccc23)CC1. The van der Waals surface area contributed by atoms with E-state index in [1.165, 1.54) is 7.11 Å². The number of methoxy groups -OCH3 is 1. The molecular weight excluding hydrogens is 352 g/mol. The van der Waals surface area contributed by atoms with Crippen molar-refractivity contribution in [3.05, 3.63) is 66.2 Å². The summed E-state index contributed by atoms with van der Waals surface area (Å²) in [5.74, 6) is -0.324. The molecular formula is C23H22N2O3. The summed E-state index contributed by atoms with van der Waals surface area (Å²) in [6.45, 7) is 1.10. The predicted octanol–water partition coefficient (Wildman–Crippen LogP) is 3.93. The molecule has 1 aromatic heterocycles. The fourth-order valence-corrected chi connectivity index (χ4v) is 3.76. The van der Waals surface area contributed by atoms with Gasteiger partial charge in [-0.05, 0) is 25.0 Å². The van der Waals surface area contributed by atoms with Crippen LogP contribution in [0.1, 0.15) is 23.2 Å². The Labute approximate surface area is 163 Å². The fourth-order valence-electron chi connectivity index (χ4n) is 3.76. The molecule has 0 spiro atoms. The van der Waals surface area contributed by atoms with E-state index in [0.717, 1.165) is 22.2 Å². The van der Waals surface area contributed by atoms with E-state index in [2.05, 4.69) is 0 Å². The summed E-state index contributed by atoms with van der Waals surface area (Å²) in [7, 11) is 1.41. The molecule has 5 heteroatoms. The number of ether oxygens (including phenoxy) is 1. The first-order valence-corrected chi connectivity index (χ1v) is 9.49. The van der Waals surface area contributed by atoms with E-state index in [-0.39, 0.29) is 17.8 Å². The Kier molecular flexibility index (Phi) is 5.06. The zero-order valence-corrected chi connectivity index (χ0v) is 15.8. The molecule has 2 aromatic carbocycles. The number of aromatic nitrogens is 1. The van der Waals surface area contributed by atoms with E-state index in [1.54, 1.807) is 0 Å². The van der Waals surface area contributed by atoms with Crippen molar-refractivity contribution >= 4 is 22.8 Å². The molecule has 3 aromatic rings. The zero-order valence-electron chi connectivity index (χ0n) is 15.8. The van der Waals surface area contributed by atoms with Gasteiger partial charge in [0.05, 0.1) is 29.8 Å². The lowest BCUT2D eigenvalue weighted by atomic mass is 9.96. The van der Waals surface area contributed by atoms with E-state index in [4.69, 9.17) is 9.72 Å². The van der Waals surface area contributed by atoms with Gasteiger partial charge in [0.25, 0.3) is 5.91 Å². The van der Waals surface area contributed by atoms with Crippen molar-refractivity contribution in [1.82, 2.24) is 9.88 Å². The lowest BCUT2D eigenvalue weighted by Gasteiger charge is -2.31. The first-order chi connectivity index (χ1) is 13.7. The molecule has 0 unspecified atom stereocenters. The zero-order chi connectivity index (χ0) is 19.5. The van der Waals surface area contributed by atoms with Gasteiger partial charge in [-0.1, -0.05) is 48.5 Å². The van der Waals surface area contributed by atoms with Gasteiger partial charge in [-0.3, -0.25) is 9.59 Å². The van der Waals surface area contributed by atoms with Crippen molar-refractivity contribution in [2.75, 3.05) is 20.2 Å². The maximum absolute atomic E-state index is 13.3. The molecule has 1 amide bonds. The Balaban J connectivity index is 1.68. The third-order valence-corrected chi connectivity index (χ3v) is 5.33. The molecule has 0 aliphatic carbocycles. The Morgan fingerprint density at radius 1 is 1.00 bits per heavy atom. The van der Waals surface area contributed by atoms with Crippen LogP contribution in [0.25, 0.3) is 22.2 Å². The Bertz CT molecular complexity index is 1010. The number of hydrogen-bond acceptors (Lipinski definition) is 4. The van der Waals surface area contributed by atoms with Crippen LogP contribution in [0.5, 0.6) is 0 Å². The van der Waals surface area contributed by atoms with E-state index < -0.39 is 0 Å². The van der Waals surface area contributed by atoms with Crippen molar-refractivity contribution in [3.63, 3.8) is 0 Å². The van der Waals surface area contributed by atoms with Gasteiger partial charge >= 0.3 is 5.97 Å². The average molecular weight is 374 g/mol. The van der Waals surface area contributed by atoms with Gasteiger partial charge < -0.3 is 9.64 Å². The third kappa shape index (κ3) is 3.48. The molecule has 5 nitrogen and oxygen atoms in total. The Hall–Kier alpha value is -3.21. The molecule has 4 rings (SSSR count). The van der Waals surface area contributed by atoms with Gasteiger partial charge in [-0.15, -0.1) is 0 Å². The molecule has 0 N–H and O–H groups in total. The van der Waals surface area contributed by atoms with Crippen LogP contribution >= 0.6 is 0 Å².